The lowest BCUT2D eigenvalue weighted by Gasteiger charge is -2.32. The summed E-state index contributed by atoms with van der Waals surface area (Å²) in [6, 6.07) is 12.5. The molecule has 6 heteroatoms. The van der Waals surface area contributed by atoms with Crippen LogP contribution in [0.4, 0.5) is 0 Å². The first-order chi connectivity index (χ1) is 13.1. The van der Waals surface area contributed by atoms with Crippen molar-refractivity contribution in [2.75, 3.05) is 27.2 Å². The van der Waals surface area contributed by atoms with Crippen LogP contribution in [0.25, 0.3) is 0 Å². The maximum Gasteiger partial charge on any atom is 0.159 e. The van der Waals surface area contributed by atoms with Gasteiger partial charge in [-0.15, -0.1) is 0 Å². The van der Waals surface area contributed by atoms with Gasteiger partial charge in [-0.3, -0.25) is 4.99 Å². The van der Waals surface area contributed by atoms with Gasteiger partial charge in [0.1, 0.15) is 11.5 Å². The number of unbranched alkanes of at least 4 members (excludes halogenated alkanes) is 1. The molecule has 1 aromatic carbocycles. The number of hydrogen-bond donors (Lipinski definition) is 0. The Hall–Kier alpha value is -2.31. The highest BCUT2D eigenvalue weighted by Crippen LogP contribution is 2.23. The zero-order valence-corrected chi connectivity index (χ0v) is 16.2. The molecule has 6 nitrogen and oxygen atoms in total. The van der Waals surface area contributed by atoms with Gasteiger partial charge in [-0.2, -0.15) is 0 Å². The number of benzene rings is 1. The predicted octanol–water partition coefficient (Wildman–Crippen LogP) is 2.37. The molecule has 1 aromatic heterocycles. The van der Waals surface area contributed by atoms with E-state index < -0.39 is 6.08 Å². The first kappa shape index (κ1) is 19.5. The third-order valence-electron chi connectivity index (χ3n) is 4.53. The standard InChI is InChI=1S/C21H29N3O3/c1-23(2)15-19-14-18-11-13-24(16-20(18)26-19)27-21(25)22-12-7-6-10-17-8-4-3-5-9-17/h3-5,8-9,14H,6-7,10-13,15-16H2,1-2H3,(H,22,25)/p-1. The Morgan fingerprint density at radius 3 is 2.85 bits per heavy atom. The molecule has 146 valence electrons. The highest BCUT2D eigenvalue weighted by atomic mass is 16.7. The number of rotatable bonds is 8. The summed E-state index contributed by atoms with van der Waals surface area (Å²) in [6.45, 7) is 2.42. The van der Waals surface area contributed by atoms with E-state index in [1.807, 2.05) is 32.3 Å². The van der Waals surface area contributed by atoms with Crippen molar-refractivity contribution in [1.29, 1.82) is 0 Å². The van der Waals surface area contributed by atoms with E-state index in [1.54, 1.807) is 5.06 Å². The maximum absolute atomic E-state index is 11.9. The van der Waals surface area contributed by atoms with Crippen LogP contribution in [0, 0.1) is 0 Å². The average molecular weight is 370 g/mol. The van der Waals surface area contributed by atoms with Gasteiger partial charge in [0, 0.05) is 13.1 Å². The molecule has 0 atom stereocenters. The molecule has 0 aliphatic carbocycles. The van der Waals surface area contributed by atoms with Crippen molar-refractivity contribution in [2.24, 2.45) is 4.99 Å². The monoisotopic (exact) mass is 370 g/mol. The Labute approximate surface area is 161 Å². The van der Waals surface area contributed by atoms with Crippen LogP contribution in [-0.2, 0) is 30.8 Å². The first-order valence-electron chi connectivity index (χ1n) is 9.53. The third kappa shape index (κ3) is 6.12. The van der Waals surface area contributed by atoms with Crippen molar-refractivity contribution in [3.63, 3.8) is 0 Å². The summed E-state index contributed by atoms with van der Waals surface area (Å²) in [6.07, 6.45) is 3.19. The molecular weight excluding hydrogens is 342 g/mol. The van der Waals surface area contributed by atoms with Crippen LogP contribution in [0.5, 0.6) is 0 Å². The summed E-state index contributed by atoms with van der Waals surface area (Å²) in [7, 11) is 4.02. The van der Waals surface area contributed by atoms with Crippen LogP contribution in [0.2, 0.25) is 0 Å². The minimum absolute atomic E-state index is 0.484. The van der Waals surface area contributed by atoms with E-state index in [4.69, 9.17) is 9.25 Å². The minimum Gasteiger partial charge on any atom is -0.528 e. The van der Waals surface area contributed by atoms with Crippen LogP contribution in [0.15, 0.2) is 45.8 Å². The van der Waals surface area contributed by atoms with E-state index >= 15 is 0 Å². The molecule has 0 spiro atoms. The van der Waals surface area contributed by atoms with E-state index in [1.165, 1.54) is 11.1 Å². The summed E-state index contributed by atoms with van der Waals surface area (Å²) in [5, 5.41) is 13.6. The fraction of sp³-hybridized carbons (Fsp3) is 0.476. The number of nitrogens with zero attached hydrogens (tertiary/aromatic N) is 3. The Kier molecular flexibility index (Phi) is 6.90. The lowest BCUT2D eigenvalue weighted by atomic mass is 10.1. The summed E-state index contributed by atoms with van der Waals surface area (Å²) in [5.74, 6) is 1.83. The molecule has 2 aromatic rings. The Morgan fingerprint density at radius 1 is 1.26 bits per heavy atom. The number of aliphatic imine (C=N–C) groups is 1. The summed E-state index contributed by atoms with van der Waals surface area (Å²) >= 11 is 0. The lowest BCUT2D eigenvalue weighted by Crippen LogP contribution is -2.36. The normalized spacial score (nSPS) is 15.1. The number of furan rings is 1. The van der Waals surface area contributed by atoms with Crippen molar-refractivity contribution in [3.05, 3.63) is 59.0 Å². The van der Waals surface area contributed by atoms with Gasteiger partial charge in [0.05, 0.1) is 13.1 Å². The molecule has 0 N–H and O–H groups in total. The molecule has 1 aliphatic rings. The predicted molar refractivity (Wildman–Crippen MR) is 103 cm³/mol. The number of hydroxylamine groups is 2. The summed E-state index contributed by atoms with van der Waals surface area (Å²) < 4.78 is 5.88. The van der Waals surface area contributed by atoms with E-state index in [0.29, 0.717) is 19.6 Å². The van der Waals surface area contributed by atoms with E-state index in [9.17, 15) is 5.11 Å². The van der Waals surface area contributed by atoms with Gasteiger partial charge < -0.3 is 19.3 Å². The molecule has 0 bridgehead atoms. The van der Waals surface area contributed by atoms with Crippen LogP contribution in [-0.4, -0.2) is 43.2 Å². The molecule has 1 aliphatic heterocycles. The van der Waals surface area contributed by atoms with Crippen molar-refractivity contribution in [2.45, 2.75) is 38.8 Å². The molecule has 0 saturated carbocycles. The van der Waals surface area contributed by atoms with Crippen molar-refractivity contribution >= 4 is 6.08 Å². The Balaban J connectivity index is 1.39. The van der Waals surface area contributed by atoms with Gasteiger partial charge in [-0.25, -0.2) is 5.06 Å². The second-order valence-corrected chi connectivity index (χ2v) is 7.19. The van der Waals surface area contributed by atoms with E-state index in [-0.39, 0.29) is 0 Å². The van der Waals surface area contributed by atoms with Crippen LogP contribution in [0.3, 0.4) is 0 Å². The fourth-order valence-electron chi connectivity index (χ4n) is 3.22. The quantitative estimate of drug-likeness (QED) is 0.405. The largest absolute Gasteiger partial charge is 0.528 e. The number of fused-ring (bicyclic) bond motifs is 1. The van der Waals surface area contributed by atoms with E-state index in [2.05, 4.69) is 28.1 Å². The van der Waals surface area contributed by atoms with Crippen LogP contribution < -0.4 is 5.11 Å². The van der Waals surface area contributed by atoms with Crippen molar-refractivity contribution in [3.8, 4) is 0 Å². The molecule has 0 unspecified atom stereocenters. The first-order valence-corrected chi connectivity index (χ1v) is 9.53. The molecule has 0 radical (unpaired) electrons. The molecule has 3 rings (SSSR count). The topological polar surface area (TPSA) is 64.3 Å². The van der Waals surface area contributed by atoms with Gasteiger partial charge in [-0.05, 0) is 57.0 Å². The summed E-state index contributed by atoms with van der Waals surface area (Å²) in [5.41, 5.74) is 2.52. The average Bonchev–Trinajstić information content (AvgIpc) is 3.03. The molecule has 0 fully saturated rings. The highest BCUT2D eigenvalue weighted by molar-refractivity contribution is 5.61. The van der Waals surface area contributed by atoms with Gasteiger partial charge in [0.25, 0.3) is 0 Å². The van der Waals surface area contributed by atoms with Gasteiger partial charge in [-0.1, -0.05) is 30.3 Å². The lowest BCUT2D eigenvalue weighted by molar-refractivity contribution is -0.287. The fourth-order valence-corrected chi connectivity index (χ4v) is 3.22. The second kappa shape index (κ2) is 9.58. The third-order valence-corrected chi connectivity index (χ3v) is 4.53. The van der Waals surface area contributed by atoms with Crippen molar-refractivity contribution in [1.82, 2.24) is 9.96 Å². The minimum atomic E-state index is -0.516. The molecule has 27 heavy (non-hydrogen) atoms. The summed E-state index contributed by atoms with van der Waals surface area (Å²) in [4.78, 5) is 11.4. The molecule has 0 saturated heterocycles. The molecule has 0 amide bonds. The number of aryl methyl sites for hydroxylation is 1. The highest BCUT2D eigenvalue weighted by Gasteiger charge is 2.19. The zero-order chi connectivity index (χ0) is 19.1. The molecular formula is C21H28N3O3-. The van der Waals surface area contributed by atoms with Gasteiger partial charge in [0.15, 0.2) is 6.08 Å². The van der Waals surface area contributed by atoms with Crippen LogP contribution in [0.1, 0.15) is 35.5 Å². The van der Waals surface area contributed by atoms with Crippen molar-refractivity contribution < 1.29 is 14.4 Å². The Morgan fingerprint density at radius 2 is 2.07 bits per heavy atom. The smallest absolute Gasteiger partial charge is 0.159 e. The zero-order valence-electron chi connectivity index (χ0n) is 16.2. The maximum atomic E-state index is 11.9. The van der Waals surface area contributed by atoms with Gasteiger partial charge >= 0.3 is 0 Å². The Bertz CT molecular complexity index is 740. The molecule has 2 heterocycles. The SMILES string of the molecule is CN(C)Cc1cc2c(o1)CN(OC([O-])=NCCCCc1ccccc1)CC2. The van der Waals surface area contributed by atoms with Crippen LogP contribution >= 0.6 is 0 Å². The van der Waals surface area contributed by atoms with E-state index in [0.717, 1.165) is 43.7 Å². The van der Waals surface area contributed by atoms with Gasteiger partial charge in [0.2, 0.25) is 0 Å². The number of hydrogen-bond acceptors (Lipinski definition) is 6. The second-order valence-electron chi connectivity index (χ2n) is 7.19.